The van der Waals surface area contributed by atoms with Crippen molar-refractivity contribution in [2.45, 2.75) is 0 Å². The number of benzene rings is 2. The van der Waals surface area contributed by atoms with Crippen molar-refractivity contribution in [2.75, 3.05) is 10.6 Å². The lowest BCUT2D eigenvalue weighted by Crippen LogP contribution is -2.01. The minimum atomic E-state index is 0.426. The maximum Gasteiger partial charge on any atom is 0.229 e. The zero-order valence-corrected chi connectivity index (χ0v) is 13.6. The summed E-state index contributed by atoms with van der Waals surface area (Å²) in [7, 11) is 0. The van der Waals surface area contributed by atoms with E-state index in [9.17, 15) is 0 Å². The first-order valence-corrected chi connectivity index (χ1v) is 7.66. The molecule has 0 aliphatic rings. The minimum Gasteiger partial charge on any atom is -0.340 e. The van der Waals surface area contributed by atoms with Gasteiger partial charge in [0.1, 0.15) is 11.9 Å². The summed E-state index contributed by atoms with van der Waals surface area (Å²) in [6.45, 7) is 0. The van der Waals surface area contributed by atoms with Crippen molar-refractivity contribution < 1.29 is 0 Å². The molecule has 5 nitrogen and oxygen atoms in total. The molecule has 0 radical (unpaired) electrons. The molecule has 3 aromatic rings. The van der Waals surface area contributed by atoms with Gasteiger partial charge in [-0.15, -0.1) is 0 Å². The third-order valence-corrected chi connectivity index (χ3v) is 3.59. The molecule has 1 heterocycles. The zero-order chi connectivity index (χ0) is 16.1. The molecule has 0 aliphatic heterocycles. The molecule has 112 valence electrons. The van der Waals surface area contributed by atoms with Gasteiger partial charge in [-0.25, -0.2) is 4.98 Å². The summed E-state index contributed by atoms with van der Waals surface area (Å²) >= 11 is 3.40. The number of para-hydroxylation sites is 1. The van der Waals surface area contributed by atoms with Crippen molar-refractivity contribution in [1.82, 2.24) is 9.97 Å². The van der Waals surface area contributed by atoms with Crippen LogP contribution in [0, 0.1) is 11.3 Å². The maximum atomic E-state index is 9.12. The fourth-order valence-corrected chi connectivity index (χ4v) is 2.24. The van der Waals surface area contributed by atoms with Crippen molar-refractivity contribution in [3.05, 3.63) is 70.8 Å². The second-order valence-corrected chi connectivity index (χ2v) is 5.60. The normalized spacial score (nSPS) is 9.91. The molecule has 0 unspecified atom stereocenters. The number of hydrogen-bond acceptors (Lipinski definition) is 5. The van der Waals surface area contributed by atoms with Gasteiger partial charge in [0.2, 0.25) is 5.95 Å². The van der Waals surface area contributed by atoms with E-state index in [4.69, 9.17) is 5.26 Å². The van der Waals surface area contributed by atoms with Gasteiger partial charge >= 0.3 is 0 Å². The van der Waals surface area contributed by atoms with Crippen molar-refractivity contribution in [1.29, 1.82) is 5.26 Å². The van der Waals surface area contributed by atoms with Crippen LogP contribution in [0.2, 0.25) is 0 Å². The third kappa shape index (κ3) is 3.84. The Kier molecular flexibility index (Phi) is 4.50. The molecular weight excluding hydrogens is 354 g/mol. The Bertz CT molecular complexity index is 855. The van der Waals surface area contributed by atoms with Crippen LogP contribution in [0.3, 0.4) is 0 Å². The smallest absolute Gasteiger partial charge is 0.229 e. The molecular formula is C17H12BrN5. The molecule has 3 rings (SSSR count). The van der Waals surface area contributed by atoms with E-state index in [2.05, 4.69) is 42.6 Å². The quantitative estimate of drug-likeness (QED) is 0.706. The summed E-state index contributed by atoms with van der Waals surface area (Å²) in [6, 6.07) is 18.9. The number of hydrogen-bond donors (Lipinski definition) is 2. The topological polar surface area (TPSA) is 73.6 Å². The molecule has 0 saturated heterocycles. The van der Waals surface area contributed by atoms with Crippen LogP contribution >= 0.6 is 15.9 Å². The van der Waals surface area contributed by atoms with E-state index < -0.39 is 0 Å². The average molecular weight is 366 g/mol. The number of nitriles is 1. The predicted octanol–water partition coefficient (Wildman–Crippen LogP) is 4.60. The van der Waals surface area contributed by atoms with Gasteiger partial charge in [-0.3, -0.25) is 0 Å². The van der Waals surface area contributed by atoms with Crippen molar-refractivity contribution in [3.63, 3.8) is 0 Å². The van der Waals surface area contributed by atoms with Crippen molar-refractivity contribution in [2.24, 2.45) is 0 Å². The molecule has 0 amide bonds. The first-order chi connectivity index (χ1) is 11.2. The number of aromatic nitrogens is 2. The Labute approximate surface area is 142 Å². The molecule has 0 bridgehead atoms. The van der Waals surface area contributed by atoms with E-state index in [0.717, 1.165) is 10.2 Å². The highest BCUT2D eigenvalue weighted by molar-refractivity contribution is 9.10. The first kappa shape index (κ1) is 15.0. The number of halogens is 1. The molecule has 0 aliphatic carbocycles. The Hall–Kier alpha value is -2.91. The third-order valence-electron chi connectivity index (χ3n) is 3.07. The standard InChI is InChI=1S/C17H12BrN5/c18-13-5-7-14(8-6-13)21-16-9-10-20-17(23-16)22-15-4-2-1-3-12(15)11-19/h1-10H,(H2,20,21,22,23). The van der Waals surface area contributed by atoms with Crippen molar-refractivity contribution >= 4 is 39.1 Å². The molecule has 23 heavy (non-hydrogen) atoms. The summed E-state index contributed by atoms with van der Waals surface area (Å²) in [5.41, 5.74) is 2.15. The first-order valence-electron chi connectivity index (χ1n) is 6.86. The Morgan fingerprint density at radius 2 is 1.74 bits per heavy atom. The Balaban J connectivity index is 1.80. The summed E-state index contributed by atoms with van der Waals surface area (Å²) in [4.78, 5) is 8.59. The largest absolute Gasteiger partial charge is 0.340 e. The molecule has 2 N–H and O–H groups in total. The summed E-state index contributed by atoms with van der Waals surface area (Å²) < 4.78 is 1.02. The number of nitrogens with one attached hydrogen (secondary N) is 2. The van der Waals surface area contributed by atoms with Gasteiger partial charge in [-0.05, 0) is 42.5 Å². The lowest BCUT2D eigenvalue weighted by molar-refractivity contribution is 1.16. The van der Waals surface area contributed by atoms with Crippen LogP contribution in [-0.2, 0) is 0 Å². The SMILES string of the molecule is N#Cc1ccccc1Nc1nccc(Nc2ccc(Br)cc2)n1. The molecule has 0 spiro atoms. The highest BCUT2D eigenvalue weighted by Crippen LogP contribution is 2.21. The number of anilines is 4. The average Bonchev–Trinajstić information content (AvgIpc) is 2.58. The molecule has 0 saturated carbocycles. The van der Waals surface area contributed by atoms with E-state index in [0.29, 0.717) is 23.0 Å². The van der Waals surface area contributed by atoms with Gasteiger partial charge in [0, 0.05) is 16.4 Å². The van der Waals surface area contributed by atoms with E-state index in [1.807, 2.05) is 42.5 Å². The van der Waals surface area contributed by atoms with Crippen LogP contribution < -0.4 is 10.6 Å². The van der Waals surface area contributed by atoms with Crippen LogP contribution in [0.1, 0.15) is 5.56 Å². The number of rotatable bonds is 4. The van der Waals surface area contributed by atoms with E-state index in [-0.39, 0.29) is 0 Å². The van der Waals surface area contributed by atoms with Crippen LogP contribution in [0.4, 0.5) is 23.1 Å². The van der Waals surface area contributed by atoms with Gasteiger partial charge < -0.3 is 10.6 Å². The Morgan fingerprint density at radius 1 is 0.957 bits per heavy atom. The van der Waals surface area contributed by atoms with Crippen LogP contribution in [0.15, 0.2) is 65.3 Å². The van der Waals surface area contributed by atoms with E-state index in [1.54, 1.807) is 18.3 Å². The summed E-state index contributed by atoms with van der Waals surface area (Å²) in [5.74, 6) is 1.09. The van der Waals surface area contributed by atoms with Gasteiger partial charge in [-0.1, -0.05) is 28.1 Å². The summed E-state index contributed by atoms with van der Waals surface area (Å²) in [6.07, 6.45) is 1.66. The van der Waals surface area contributed by atoms with Gasteiger partial charge in [0.25, 0.3) is 0 Å². The van der Waals surface area contributed by atoms with Crippen LogP contribution in [0.25, 0.3) is 0 Å². The molecule has 0 atom stereocenters. The van der Waals surface area contributed by atoms with Crippen LogP contribution in [-0.4, -0.2) is 9.97 Å². The zero-order valence-electron chi connectivity index (χ0n) is 12.0. The van der Waals surface area contributed by atoms with Gasteiger partial charge in [0.05, 0.1) is 11.3 Å². The monoisotopic (exact) mass is 365 g/mol. The second-order valence-electron chi connectivity index (χ2n) is 4.68. The fraction of sp³-hybridized carbons (Fsp3) is 0. The van der Waals surface area contributed by atoms with E-state index >= 15 is 0 Å². The highest BCUT2D eigenvalue weighted by atomic mass is 79.9. The minimum absolute atomic E-state index is 0.426. The lowest BCUT2D eigenvalue weighted by Gasteiger charge is -2.09. The van der Waals surface area contributed by atoms with Crippen LogP contribution in [0.5, 0.6) is 0 Å². The fourth-order valence-electron chi connectivity index (χ4n) is 1.98. The van der Waals surface area contributed by atoms with E-state index in [1.165, 1.54) is 0 Å². The summed E-state index contributed by atoms with van der Waals surface area (Å²) in [5, 5.41) is 15.4. The highest BCUT2D eigenvalue weighted by Gasteiger charge is 2.04. The van der Waals surface area contributed by atoms with Gasteiger partial charge in [0.15, 0.2) is 0 Å². The maximum absolute atomic E-state index is 9.12. The Morgan fingerprint density at radius 3 is 2.52 bits per heavy atom. The predicted molar refractivity (Wildman–Crippen MR) is 93.9 cm³/mol. The molecule has 2 aromatic carbocycles. The molecule has 1 aromatic heterocycles. The van der Waals surface area contributed by atoms with Crippen molar-refractivity contribution in [3.8, 4) is 6.07 Å². The second kappa shape index (κ2) is 6.90. The number of nitrogens with zero attached hydrogens (tertiary/aromatic N) is 3. The lowest BCUT2D eigenvalue weighted by atomic mass is 10.2. The van der Waals surface area contributed by atoms with Gasteiger partial charge in [-0.2, -0.15) is 10.2 Å². The molecule has 6 heteroatoms. The molecule has 0 fully saturated rings.